The molecule has 0 aliphatic carbocycles. The van der Waals surface area contributed by atoms with Crippen molar-refractivity contribution in [1.82, 2.24) is 4.90 Å². The van der Waals surface area contributed by atoms with E-state index in [2.05, 4.69) is 4.90 Å². The Morgan fingerprint density at radius 2 is 2.17 bits per heavy atom. The molecule has 1 aliphatic heterocycles. The van der Waals surface area contributed by atoms with Crippen LogP contribution in [0.3, 0.4) is 0 Å². The Kier molecular flexibility index (Phi) is 4.73. The molecule has 0 spiro atoms. The Morgan fingerprint density at radius 1 is 1.30 bits per heavy atom. The Hall–Kier alpha value is -1.79. The van der Waals surface area contributed by atoms with Gasteiger partial charge in [0.1, 0.15) is 18.1 Å². The molecule has 2 heterocycles. The van der Waals surface area contributed by atoms with Crippen LogP contribution >= 0.6 is 0 Å². The summed E-state index contributed by atoms with van der Waals surface area (Å²) in [4.78, 5) is 2.63. The van der Waals surface area contributed by atoms with Crippen molar-refractivity contribution in [2.24, 2.45) is 0 Å². The smallest absolute Gasteiger partial charge is 0.175 e. The second-order valence-electron chi connectivity index (χ2n) is 5.90. The van der Waals surface area contributed by atoms with Gasteiger partial charge in [-0.05, 0) is 43.3 Å². The minimum Gasteiger partial charge on any atom is -0.492 e. The highest BCUT2D eigenvalue weighted by molar-refractivity contribution is 7.90. The fraction of sp³-hybridized carbons (Fsp3) is 0.412. The molecule has 124 valence electrons. The maximum atomic E-state index is 11.5. The number of ether oxygens (including phenoxy) is 1. The lowest BCUT2D eigenvalue weighted by Crippen LogP contribution is -2.26. The first-order valence-corrected chi connectivity index (χ1v) is 9.60. The number of rotatable bonds is 6. The van der Waals surface area contributed by atoms with Crippen LogP contribution in [-0.2, 0) is 9.84 Å². The molecule has 3 rings (SSSR count). The molecule has 1 fully saturated rings. The van der Waals surface area contributed by atoms with Crippen molar-refractivity contribution >= 4 is 9.84 Å². The van der Waals surface area contributed by atoms with Crippen LogP contribution in [0.4, 0.5) is 0 Å². The number of benzene rings is 1. The molecule has 1 aliphatic rings. The highest BCUT2D eigenvalue weighted by Gasteiger charge is 2.25. The normalized spacial score (nSPS) is 19.1. The van der Waals surface area contributed by atoms with Gasteiger partial charge in [0.25, 0.3) is 0 Å². The van der Waals surface area contributed by atoms with E-state index >= 15 is 0 Å². The largest absolute Gasteiger partial charge is 0.492 e. The molecule has 1 aromatic carbocycles. The molecular formula is C17H21NO4S. The number of hydrogen-bond acceptors (Lipinski definition) is 5. The van der Waals surface area contributed by atoms with E-state index < -0.39 is 9.84 Å². The van der Waals surface area contributed by atoms with Crippen LogP contribution < -0.4 is 4.74 Å². The lowest BCUT2D eigenvalue weighted by atomic mass is 10.1. The van der Waals surface area contributed by atoms with Crippen LogP contribution in [0.5, 0.6) is 5.75 Å². The highest BCUT2D eigenvalue weighted by atomic mass is 32.2. The lowest BCUT2D eigenvalue weighted by molar-refractivity contribution is 0.234. The molecule has 1 aromatic heterocycles. The molecule has 0 radical (unpaired) electrons. The fourth-order valence-electron chi connectivity index (χ4n) is 2.88. The van der Waals surface area contributed by atoms with Gasteiger partial charge < -0.3 is 9.15 Å². The summed E-state index contributed by atoms with van der Waals surface area (Å²) in [5.74, 6) is 2.10. The van der Waals surface area contributed by atoms with Gasteiger partial charge in [0.05, 0.1) is 11.2 Å². The Balaban J connectivity index is 1.49. The molecular weight excluding hydrogens is 314 g/mol. The number of likely N-dealkylation sites (tertiary alicyclic amines) is 1. The zero-order valence-corrected chi connectivity index (χ0v) is 14.0. The standard InChI is InChI=1S/C17H21NO4S/c1-23(19,20)16-5-2-4-15(12-16)21-11-9-18-8-7-14(13-18)17-6-3-10-22-17/h2-6,10,12,14H,7-9,11,13H2,1H3/t14-/m0/s1. The van der Waals surface area contributed by atoms with Crippen molar-refractivity contribution in [3.63, 3.8) is 0 Å². The van der Waals surface area contributed by atoms with E-state index in [0.29, 0.717) is 18.3 Å². The van der Waals surface area contributed by atoms with E-state index in [-0.39, 0.29) is 4.90 Å². The van der Waals surface area contributed by atoms with Crippen molar-refractivity contribution in [2.45, 2.75) is 17.2 Å². The summed E-state index contributed by atoms with van der Waals surface area (Å²) in [6.07, 6.45) is 4.01. The van der Waals surface area contributed by atoms with Gasteiger partial charge in [-0.15, -0.1) is 0 Å². The van der Waals surface area contributed by atoms with E-state index in [9.17, 15) is 8.42 Å². The minimum atomic E-state index is -3.20. The molecule has 0 saturated carbocycles. The van der Waals surface area contributed by atoms with Crippen molar-refractivity contribution in [3.8, 4) is 5.75 Å². The predicted octanol–water partition coefficient (Wildman–Crippen LogP) is 2.55. The van der Waals surface area contributed by atoms with E-state index in [4.69, 9.17) is 9.15 Å². The summed E-state index contributed by atoms with van der Waals surface area (Å²) in [5, 5.41) is 0. The number of nitrogens with zero attached hydrogens (tertiary/aromatic N) is 1. The average molecular weight is 335 g/mol. The lowest BCUT2D eigenvalue weighted by Gasteiger charge is -2.16. The third-order valence-corrected chi connectivity index (χ3v) is 5.24. The highest BCUT2D eigenvalue weighted by Crippen LogP contribution is 2.27. The molecule has 0 unspecified atom stereocenters. The first-order valence-electron chi connectivity index (χ1n) is 7.71. The second kappa shape index (κ2) is 6.76. The minimum absolute atomic E-state index is 0.286. The summed E-state index contributed by atoms with van der Waals surface area (Å²) >= 11 is 0. The van der Waals surface area contributed by atoms with E-state index in [1.165, 1.54) is 6.26 Å². The van der Waals surface area contributed by atoms with Gasteiger partial charge in [-0.25, -0.2) is 8.42 Å². The Morgan fingerprint density at radius 3 is 2.91 bits per heavy atom. The van der Waals surface area contributed by atoms with Gasteiger partial charge in [-0.3, -0.25) is 4.90 Å². The first-order chi connectivity index (χ1) is 11.0. The molecule has 2 aromatic rings. The van der Waals surface area contributed by atoms with Gasteiger partial charge in [-0.2, -0.15) is 0 Å². The van der Waals surface area contributed by atoms with E-state index in [1.54, 1.807) is 30.5 Å². The topological polar surface area (TPSA) is 59.8 Å². The summed E-state index contributed by atoms with van der Waals surface area (Å²) in [5.41, 5.74) is 0. The van der Waals surface area contributed by atoms with E-state index in [1.807, 2.05) is 12.1 Å². The number of furan rings is 1. The third-order valence-electron chi connectivity index (χ3n) is 4.13. The van der Waals surface area contributed by atoms with Crippen molar-refractivity contribution in [3.05, 3.63) is 48.4 Å². The summed E-state index contributed by atoms with van der Waals surface area (Å²) in [6.45, 7) is 3.36. The average Bonchev–Trinajstić information content (AvgIpc) is 3.18. The Bertz CT molecular complexity index is 740. The van der Waals surface area contributed by atoms with Gasteiger partial charge in [0.2, 0.25) is 0 Å². The second-order valence-corrected chi connectivity index (χ2v) is 7.91. The third kappa shape index (κ3) is 4.14. The maximum Gasteiger partial charge on any atom is 0.175 e. The maximum absolute atomic E-state index is 11.5. The quantitative estimate of drug-likeness (QED) is 0.812. The van der Waals surface area contributed by atoms with Crippen LogP contribution in [-0.4, -0.2) is 45.8 Å². The van der Waals surface area contributed by atoms with Crippen LogP contribution in [0, 0.1) is 0 Å². The zero-order chi connectivity index (χ0) is 16.3. The summed E-state index contributed by atoms with van der Waals surface area (Å²) < 4.78 is 34.3. The zero-order valence-electron chi connectivity index (χ0n) is 13.1. The summed E-state index contributed by atoms with van der Waals surface area (Å²) in [6, 6.07) is 10.6. The SMILES string of the molecule is CS(=O)(=O)c1cccc(OCCN2CC[C@H](c3ccco3)C2)c1. The number of sulfone groups is 1. The molecule has 1 saturated heterocycles. The van der Waals surface area contributed by atoms with Gasteiger partial charge in [0.15, 0.2) is 9.84 Å². The number of hydrogen-bond donors (Lipinski definition) is 0. The molecule has 5 nitrogen and oxygen atoms in total. The van der Waals surface area contributed by atoms with Gasteiger partial charge in [-0.1, -0.05) is 6.07 Å². The molecule has 0 bridgehead atoms. The summed E-state index contributed by atoms with van der Waals surface area (Å²) in [7, 11) is -3.20. The molecule has 6 heteroatoms. The van der Waals surface area contributed by atoms with Gasteiger partial charge >= 0.3 is 0 Å². The van der Waals surface area contributed by atoms with Crippen molar-refractivity contribution in [1.29, 1.82) is 0 Å². The fourth-order valence-corrected chi connectivity index (χ4v) is 3.53. The van der Waals surface area contributed by atoms with Crippen molar-refractivity contribution < 1.29 is 17.6 Å². The van der Waals surface area contributed by atoms with Crippen LogP contribution in [0.2, 0.25) is 0 Å². The van der Waals surface area contributed by atoms with E-state index in [0.717, 1.165) is 31.8 Å². The predicted molar refractivity (Wildman–Crippen MR) is 87.6 cm³/mol. The molecule has 0 N–H and O–H groups in total. The van der Waals surface area contributed by atoms with Crippen LogP contribution in [0.15, 0.2) is 52.0 Å². The molecule has 0 amide bonds. The molecule has 1 atom stereocenters. The molecule has 23 heavy (non-hydrogen) atoms. The van der Waals surface area contributed by atoms with Crippen LogP contribution in [0.1, 0.15) is 18.1 Å². The van der Waals surface area contributed by atoms with Crippen molar-refractivity contribution in [2.75, 3.05) is 32.5 Å². The monoisotopic (exact) mass is 335 g/mol. The van der Waals surface area contributed by atoms with Gasteiger partial charge in [0, 0.05) is 25.3 Å². The van der Waals surface area contributed by atoms with Crippen LogP contribution in [0.25, 0.3) is 0 Å². The first kappa shape index (κ1) is 16.1. The Labute approximate surface area is 136 Å².